The number of amides is 1. The molecule has 1 aliphatic rings. The van der Waals surface area contributed by atoms with E-state index in [0.29, 0.717) is 17.7 Å². The number of methoxy groups -OCH3 is 1. The van der Waals surface area contributed by atoms with E-state index in [1.165, 1.54) is 0 Å². The Balaban J connectivity index is 2.14. The second kappa shape index (κ2) is 7.17. The summed E-state index contributed by atoms with van der Waals surface area (Å²) in [6, 6.07) is 5.23. The first-order valence-corrected chi connectivity index (χ1v) is 7.48. The van der Waals surface area contributed by atoms with Gasteiger partial charge in [-0.15, -0.1) is 0 Å². The third-order valence-corrected chi connectivity index (χ3v) is 3.68. The van der Waals surface area contributed by atoms with E-state index in [9.17, 15) is 18.4 Å². The number of rotatable bonds is 6. The predicted octanol–water partition coefficient (Wildman–Crippen LogP) is 3.03. The van der Waals surface area contributed by atoms with Gasteiger partial charge in [0.25, 0.3) is 5.91 Å². The van der Waals surface area contributed by atoms with Crippen molar-refractivity contribution in [3.63, 3.8) is 0 Å². The number of carbonyl (C=O) groups excluding carboxylic acids is 2. The van der Waals surface area contributed by atoms with Crippen molar-refractivity contribution in [2.45, 2.75) is 25.3 Å². The van der Waals surface area contributed by atoms with Gasteiger partial charge in [-0.25, -0.2) is 13.6 Å². The Labute approximate surface area is 142 Å². The maximum Gasteiger partial charge on any atom is 0.328 e. The van der Waals surface area contributed by atoms with Crippen LogP contribution in [-0.4, -0.2) is 42.4 Å². The molecule has 1 aromatic carbocycles. The minimum Gasteiger partial charge on any atom is -0.467 e. The summed E-state index contributed by atoms with van der Waals surface area (Å²) in [5.74, 6) is -4.10. The Hall–Kier alpha value is -2.15. The molecule has 1 aromatic rings. The zero-order valence-corrected chi connectivity index (χ0v) is 13.8. The monoisotopic (exact) mass is 359 g/mol. The van der Waals surface area contributed by atoms with Gasteiger partial charge in [-0.3, -0.25) is 4.79 Å². The fraction of sp³-hybridized carbons (Fsp3) is 0.375. The first-order valence-electron chi connectivity index (χ1n) is 7.10. The maximum absolute atomic E-state index is 13.3. The molecule has 1 amide bonds. The normalized spacial score (nSPS) is 16.0. The lowest BCUT2D eigenvalue weighted by Gasteiger charge is -2.27. The van der Waals surface area contributed by atoms with E-state index in [1.54, 1.807) is 24.3 Å². The number of hydrogen-bond acceptors (Lipinski definition) is 4. The van der Waals surface area contributed by atoms with E-state index in [-0.39, 0.29) is 12.3 Å². The average molecular weight is 360 g/mol. The van der Waals surface area contributed by atoms with Crippen LogP contribution in [0.25, 0.3) is 0 Å². The Morgan fingerprint density at radius 2 is 2.08 bits per heavy atom. The third-order valence-electron chi connectivity index (χ3n) is 3.37. The SMILES string of the molecule is COC(=O)[C@H](CC(C)(F)F)N1CC(Oc2ccccc2Cl)=CC1=O. The number of hydrogen-bond donors (Lipinski definition) is 0. The smallest absolute Gasteiger partial charge is 0.328 e. The first kappa shape index (κ1) is 18.2. The van der Waals surface area contributed by atoms with Gasteiger partial charge in [-0.05, 0) is 19.1 Å². The maximum atomic E-state index is 13.3. The van der Waals surface area contributed by atoms with Gasteiger partial charge < -0.3 is 14.4 Å². The highest BCUT2D eigenvalue weighted by atomic mass is 35.5. The van der Waals surface area contributed by atoms with E-state index >= 15 is 0 Å². The summed E-state index contributed by atoms with van der Waals surface area (Å²) in [6.07, 6.45) is 0.311. The van der Waals surface area contributed by atoms with Crippen molar-refractivity contribution in [3.8, 4) is 5.75 Å². The van der Waals surface area contributed by atoms with Crippen LogP contribution in [0, 0.1) is 0 Å². The molecular weight excluding hydrogens is 344 g/mol. The zero-order chi connectivity index (χ0) is 17.9. The molecule has 0 N–H and O–H groups in total. The van der Waals surface area contributed by atoms with Crippen molar-refractivity contribution in [1.82, 2.24) is 4.90 Å². The third kappa shape index (κ3) is 4.44. The molecule has 0 radical (unpaired) electrons. The number of halogens is 3. The molecule has 1 atom stereocenters. The Morgan fingerprint density at radius 3 is 2.67 bits per heavy atom. The molecule has 1 heterocycles. The van der Waals surface area contributed by atoms with E-state index in [0.717, 1.165) is 18.1 Å². The van der Waals surface area contributed by atoms with Crippen LogP contribution in [0.5, 0.6) is 5.75 Å². The number of nitrogens with zero attached hydrogens (tertiary/aromatic N) is 1. The van der Waals surface area contributed by atoms with Crippen molar-refractivity contribution >= 4 is 23.5 Å². The summed E-state index contributed by atoms with van der Waals surface area (Å²) >= 11 is 5.97. The van der Waals surface area contributed by atoms with Gasteiger partial charge >= 0.3 is 5.97 Å². The minimum atomic E-state index is -3.13. The van der Waals surface area contributed by atoms with E-state index in [2.05, 4.69) is 4.74 Å². The van der Waals surface area contributed by atoms with Crippen LogP contribution in [0.3, 0.4) is 0 Å². The van der Waals surface area contributed by atoms with Crippen LogP contribution in [0.2, 0.25) is 5.02 Å². The Morgan fingerprint density at radius 1 is 1.42 bits per heavy atom. The number of alkyl halides is 2. The molecule has 0 saturated heterocycles. The number of para-hydroxylation sites is 1. The minimum absolute atomic E-state index is 0.125. The second-order valence-electron chi connectivity index (χ2n) is 5.42. The molecule has 24 heavy (non-hydrogen) atoms. The van der Waals surface area contributed by atoms with Crippen LogP contribution in [0.15, 0.2) is 36.1 Å². The van der Waals surface area contributed by atoms with Gasteiger partial charge in [0, 0.05) is 12.5 Å². The van der Waals surface area contributed by atoms with Crippen LogP contribution < -0.4 is 4.74 Å². The molecule has 130 valence electrons. The molecule has 1 aliphatic heterocycles. The zero-order valence-electron chi connectivity index (χ0n) is 13.1. The molecule has 0 spiro atoms. The van der Waals surface area contributed by atoms with Crippen molar-refractivity contribution in [1.29, 1.82) is 0 Å². The quantitative estimate of drug-likeness (QED) is 0.733. The van der Waals surface area contributed by atoms with Crippen molar-refractivity contribution in [2.24, 2.45) is 0 Å². The molecule has 0 unspecified atom stereocenters. The highest BCUT2D eigenvalue weighted by Crippen LogP contribution is 2.29. The van der Waals surface area contributed by atoms with Crippen LogP contribution in [0.4, 0.5) is 8.78 Å². The van der Waals surface area contributed by atoms with Crippen LogP contribution in [-0.2, 0) is 14.3 Å². The summed E-state index contributed by atoms with van der Waals surface area (Å²) in [7, 11) is 1.08. The summed E-state index contributed by atoms with van der Waals surface area (Å²) in [4.78, 5) is 24.9. The molecule has 8 heteroatoms. The van der Waals surface area contributed by atoms with Gasteiger partial charge in [0.1, 0.15) is 17.6 Å². The second-order valence-corrected chi connectivity index (χ2v) is 5.83. The van der Waals surface area contributed by atoms with Gasteiger partial charge in [0.05, 0.1) is 18.7 Å². The van der Waals surface area contributed by atoms with Crippen molar-refractivity contribution in [3.05, 3.63) is 41.1 Å². The number of benzene rings is 1. The lowest BCUT2D eigenvalue weighted by molar-refractivity contribution is -0.154. The van der Waals surface area contributed by atoms with E-state index in [1.807, 2.05) is 0 Å². The lowest BCUT2D eigenvalue weighted by atomic mass is 10.1. The fourth-order valence-corrected chi connectivity index (χ4v) is 2.48. The summed E-state index contributed by atoms with van der Waals surface area (Å²) in [5.41, 5.74) is 0. The molecular formula is C16H16ClF2NO4. The highest BCUT2D eigenvalue weighted by molar-refractivity contribution is 6.32. The van der Waals surface area contributed by atoms with Gasteiger partial charge in [0.2, 0.25) is 5.92 Å². The molecule has 0 aliphatic carbocycles. The number of carbonyl (C=O) groups is 2. The lowest BCUT2D eigenvalue weighted by Crippen LogP contribution is -2.46. The van der Waals surface area contributed by atoms with E-state index in [4.69, 9.17) is 16.3 Å². The largest absolute Gasteiger partial charge is 0.467 e. The predicted molar refractivity (Wildman–Crippen MR) is 82.9 cm³/mol. The first-order chi connectivity index (χ1) is 11.2. The molecule has 0 fully saturated rings. The highest BCUT2D eigenvalue weighted by Gasteiger charge is 2.40. The summed E-state index contributed by atoms with van der Waals surface area (Å²) in [6.45, 7) is 0.554. The Bertz CT molecular complexity index is 672. The van der Waals surface area contributed by atoms with Crippen molar-refractivity contribution in [2.75, 3.05) is 13.7 Å². The van der Waals surface area contributed by atoms with Gasteiger partial charge in [-0.2, -0.15) is 0 Å². The molecule has 5 nitrogen and oxygen atoms in total. The Kier molecular flexibility index (Phi) is 5.43. The van der Waals surface area contributed by atoms with Crippen LogP contribution in [0.1, 0.15) is 13.3 Å². The standard InChI is InChI=1S/C16H16ClF2NO4/c1-16(18,19)8-12(15(22)23-2)20-9-10(7-14(20)21)24-13-6-4-3-5-11(13)17/h3-7,12H,8-9H2,1-2H3/t12-/m0/s1. The number of ether oxygens (including phenoxy) is 2. The summed E-state index contributed by atoms with van der Waals surface area (Å²) in [5, 5.41) is 0.342. The molecule has 0 aromatic heterocycles. The summed E-state index contributed by atoms with van der Waals surface area (Å²) < 4.78 is 36.7. The molecule has 0 saturated carbocycles. The van der Waals surface area contributed by atoms with Crippen LogP contribution >= 0.6 is 11.6 Å². The van der Waals surface area contributed by atoms with E-state index < -0.39 is 30.3 Å². The fourth-order valence-electron chi connectivity index (χ4n) is 2.30. The average Bonchev–Trinajstić information content (AvgIpc) is 2.86. The molecule has 0 bridgehead atoms. The van der Waals surface area contributed by atoms with Gasteiger partial charge in [-0.1, -0.05) is 23.7 Å². The van der Waals surface area contributed by atoms with Crippen molar-refractivity contribution < 1.29 is 27.8 Å². The topological polar surface area (TPSA) is 55.8 Å². The van der Waals surface area contributed by atoms with Gasteiger partial charge in [0.15, 0.2) is 0 Å². The number of esters is 1. The molecule has 2 rings (SSSR count).